The molecule has 1 N–H and O–H groups in total. The summed E-state index contributed by atoms with van der Waals surface area (Å²) in [4.78, 5) is 10.5. The van der Waals surface area contributed by atoms with E-state index in [0.29, 0.717) is 6.61 Å². The molecule has 0 aromatic carbocycles. The predicted octanol–water partition coefficient (Wildman–Crippen LogP) is 8.11. The molecule has 1 aliphatic rings. The molecule has 1 aliphatic carbocycles. The van der Waals surface area contributed by atoms with Gasteiger partial charge in [-0.15, -0.1) is 0 Å². The number of hydrogen-bond donors (Lipinski definition) is 1. The van der Waals surface area contributed by atoms with Gasteiger partial charge < -0.3 is 9.84 Å². The minimum absolute atomic E-state index is 0.0589. The van der Waals surface area contributed by atoms with Crippen LogP contribution in [0, 0.1) is 5.41 Å². The predicted molar refractivity (Wildman–Crippen MR) is 146 cm³/mol. The zero-order valence-corrected chi connectivity index (χ0v) is 22.1. The Labute approximate surface area is 208 Å². The third-order valence-corrected chi connectivity index (χ3v) is 6.36. The number of hydrogen-bond acceptors (Lipinski definition) is 3. The number of rotatable bonds is 15. The maximum Gasteiger partial charge on any atom is 0.143 e. The van der Waals surface area contributed by atoms with Gasteiger partial charge in [-0.25, -0.2) is 0 Å². The van der Waals surface area contributed by atoms with Gasteiger partial charge >= 0.3 is 0 Å². The summed E-state index contributed by atoms with van der Waals surface area (Å²) in [5.41, 5.74) is 4.80. The van der Waals surface area contributed by atoms with E-state index in [4.69, 9.17) is 9.84 Å². The van der Waals surface area contributed by atoms with E-state index in [1.54, 1.807) is 6.08 Å². The summed E-state index contributed by atoms with van der Waals surface area (Å²) >= 11 is 0. The van der Waals surface area contributed by atoms with Crippen molar-refractivity contribution in [3.05, 3.63) is 83.2 Å². The quantitative estimate of drug-likeness (QED) is 0.0871. The van der Waals surface area contributed by atoms with E-state index in [0.717, 1.165) is 61.7 Å². The van der Waals surface area contributed by atoms with Crippen molar-refractivity contribution in [2.75, 3.05) is 6.61 Å². The van der Waals surface area contributed by atoms with Gasteiger partial charge in [0.15, 0.2) is 0 Å². The molecule has 0 saturated heterocycles. The summed E-state index contributed by atoms with van der Waals surface area (Å²) in [6, 6.07) is 0. The third kappa shape index (κ3) is 11.7. The van der Waals surface area contributed by atoms with Crippen molar-refractivity contribution in [1.29, 1.82) is 0 Å². The fourth-order valence-electron chi connectivity index (χ4n) is 4.18. The van der Waals surface area contributed by atoms with Gasteiger partial charge in [0, 0.05) is 6.61 Å². The van der Waals surface area contributed by atoms with E-state index >= 15 is 0 Å². The summed E-state index contributed by atoms with van der Waals surface area (Å²) in [7, 11) is 0. The Bertz CT molecular complexity index is 831. The number of aliphatic hydroxyl groups is 1. The highest BCUT2D eigenvalue weighted by molar-refractivity contribution is 5.66. The molecule has 1 atom stereocenters. The Hall–Kier alpha value is -2.39. The van der Waals surface area contributed by atoms with E-state index in [-0.39, 0.29) is 11.5 Å². The largest absolute Gasteiger partial charge is 0.487 e. The molecule has 188 valence electrons. The zero-order valence-electron chi connectivity index (χ0n) is 22.1. The van der Waals surface area contributed by atoms with E-state index in [2.05, 4.69) is 58.6 Å². The second-order valence-electron chi connectivity index (χ2n) is 9.92. The van der Waals surface area contributed by atoms with Crippen LogP contribution in [0.4, 0.5) is 0 Å². The number of allylic oxidation sites excluding steroid dienone is 11. The van der Waals surface area contributed by atoms with Crippen LogP contribution < -0.4 is 0 Å². The van der Waals surface area contributed by atoms with Crippen LogP contribution >= 0.6 is 0 Å². The van der Waals surface area contributed by atoms with Crippen LogP contribution in [-0.2, 0) is 9.53 Å². The second kappa shape index (κ2) is 16.3. The van der Waals surface area contributed by atoms with Crippen LogP contribution in [0.15, 0.2) is 83.2 Å². The molecule has 1 unspecified atom stereocenters. The average Bonchev–Trinajstić information content (AvgIpc) is 2.77. The first-order valence-corrected chi connectivity index (χ1v) is 12.7. The van der Waals surface area contributed by atoms with Crippen LogP contribution in [0.25, 0.3) is 0 Å². The minimum atomic E-state index is 0.0589. The molecule has 0 aromatic heterocycles. The van der Waals surface area contributed by atoms with Crippen LogP contribution in [0.3, 0.4) is 0 Å². The van der Waals surface area contributed by atoms with Crippen molar-refractivity contribution in [2.24, 2.45) is 5.41 Å². The Morgan fingerprint density at radius 2 is 1.74 bits per heavy atom. The lowest BCUT2D eigenvalue weighted by Crippen LogP contribution is -2.28. The number of unbranched alkanes of at least 4 members (excludes halogenated alkanes) is 5. The first-order valence-electron chi connectivity index (χ1n) is 12.7. The molecular formula is C31H46O3. The molecule has 1 rings (SSSR count). The lowest BCUT2D eigenvalue weighted by Gasteiger charge is -2.37. The number of ether oxygens (including phenoxy) is 1. The highest BCUT2D eigenvalue weighted by atomic mass is 16.5. The van der Waals surface area contributed by atoms with Crippen molar-refractivity contribution in [3.63, 3.8) is 0 Å². The van der Waals surface area contributed by atoms with Crippen molar-refractivity contribution in [1.82, 2.24) is 0 Å². The van der Waals surface area contributed by atoms with Gasteiger partial charge in [-0.1, -0.05) is 81.7 Å². The van der Waals surface area contributed by atoms with Crippen LogP contribution in [0.2, 0.25) is 0 Å². The standard InChI is InChI=1S/C31H46O3/c1-25(15-14-16-26(2)21-24-33)18-19-29-28(4)30(20-22-31(29,5)6)34-27(3)17-12-10-8-7-9-11-13-23-32/h12,14-19,21,24,30,32H,3,7-11,13,20,22-23H2,1-2,4-6H3/b16-14+,17-12+,19-18+,25-15+,26-21+. The molecule has 0 fully saturated rings. The first kappa shape index (κ1) is 29.6. The smallest absolute Gasteiger partial charge is 0.143 e. The van der Waals surface area contributed by atoms with Gasteiger partial charge in [-0.2, -0.15) is 0 Å². The van der Waals surface area contributed by atoms with E-state index in [1.165, 1.54) is 24.0 Å². The Morgan fingerprint density at radius 3 is 2.44 bits per heavy atom. The molecule has 0 heterocycles. The van der Waals surface area contributed by atoms with Crippen LogP contribution in [0.1, 0.15) is 86.0 Å². The normalized spacial score (nSPS) is 19.5. The molecular weight excluding hydrogens is 420 g/mol. The topological polar surface area (TPSA) is 46.5 Å². The number of carbonyl (C=O) groups excluding carboxylic acids is 1. The van der Waals surface area contributed by atoms with Crippen molar-refractivity contribution < 1.29 is 14.6 Å². The van der Waals surface area contributed by atoms with Crippen LogP contribution in [0.5, 0.6) is 0 Å². The van der Waals surface area contributed by atoms with Gasteiger partial charge in [0.25, 0.3) is 0 Å². The molecule has 34 heavy (non-hydrogen) atoms. The molecule has 0 spiro atoms. The van der Waals surface area contributed by atoms with Crippen molar-refractivity contribution in [2.45, 2.75) is 92.1 Å². The van der Waals surface area contributed by atoms with E-state index < -0.39 is 0 Å². The molecule has 3 nitrogen and oxygen atoms in total. The average molecular weight is 467 g/mol. The van der Waals surface area contributed by atoms with Crippen molar-refractivity contribution >= 4 is 6.29 Å². The van der Waals surface area contributed by atoms with E-state index in [1.807, 2.05) is 25.2 Å². The summed E-state index contributed by atoms with van der Waals surface area (Å²) in [6.45, 7) is 15.2. The fraction of sp³-hybridized carbons (Fsp3) is 0.516. The highest BCUT2D eigenvalue weighted by Gasteiger charge is 2.32. The van der Waals surface area contributed by atoms with Crippen LogP contribution in [-0.4, -0.2) is 24.1 Å². The van der Waals surface area contributed by atoms with Crippen molar-refractivity contribution in [3.8, 4) is 0 Å². The number of aliphatic hydroxyl groups excluding tert-OH is 1. The van der Waals surface area contributed by atoms with E-state index in [9.17, 15) is 4.79 Å². The fourth-order valence-corrected chi connectivity index (χ4v) is 4.18. The van der Waals surface area contributed by atoms with Gasteiger partial charge in [-0.3, -0.25) is 4.79 Å². The highest BCUT2D eigenvalue weighted by Crippen LogP contribution is 2.42. The Morgan fingerprint density at radius 1 is 1.06 bits per heavy atom. The van der Waals surface area contributed by atoms with Gasteiger partial charge in [0.1, 0.15) is 18.1 Å². The second-order valence-corrected chi connectivity index (χ2v) is 9.92. The first-order chi connectivity index (χ1) is 16.2. The molecule has 3 heteroatoms. The molecule has 0 aliphatic heterocycles. The Kier molecular flexibility index (Phi) is 14.2. The summed E-state index contributed by atoms with van der Waals surface area (Å²) < 4.78 is 6.25. The maximum absolute atomic E-state index is 10.5. The molecule has 0 saturated carbocycles. The Balaban J connectivity index is 2.73. The van der Waals surface area contributed by atoms with Gasteiger partial charge in [0.05, 0.1) is 0 Å². The maximum atomic E-state index is 10.5. The molecule has 0 aromatic rings. The SMILES string of the molecule is C=C(/C=C/CCCCCCCO)OC1CCC(C)(C)C(/C=C/C(C)=C/C=C/C(C)=C/C=O)=C1C. The number of carbonyl (C=O) groups is 1. The summed E-state index contributed by atoms with van der Waals surface area (Å²) in [5, 5.41) is 8.83. The molecule has 0 amide bonds. The lowest BCUT2D eigenvalue weighted by molar-refractivity contribution is -0.104. The van der Waals surface area contributed by atoms with Gasteiger partial charge in [-0.05, 0) is 87.2 Å². The molecule has 0 radical (unpaired) electrons. The monoisotopic (exact) mass is 466 g/mol. The van der Waals surface area contributed by atoms with Gasteiger partial charge in [0.2, 0.25) is 0 Å². The lowest BCUT2D eigenvalue weighted by atomic mass is 9.71. The molecule has 0 bridgehead atoms. The zero-order chi connectivity index (χ0) is 25.4. The third-order valence-electron chi connectivity index (χ3n) is 6.36. The summed E-state index contributed by atoms with van der Waals surface area (Å²) in [5.74, 6) is 0.729. The number of aldehydes is 1. The summed E-state index contributed by atoms with van der Waals surface area (Å²) in [6.07, 6.45) is 25.6. The minimum Gasteiger partial charge on any atom is -0.487 e.